The van der Waals surface area contributed by atoms with Crippen LogP contribution in [0.25, 0.3) is 0 Å². The minimum Gasteiger partial charge on any atom is -0.507 e. The molecular weight excluding hydrogens is 264 g/mol. The van der Waals surface area contributed by atoms with E-state index in [1.54, 1.807) is 12.1 Å². The highest BCUT2D eigenvalue weighted by molar-refractivity contribution is 6.30. The summed E-state index contributed by atoms with van der Waals surface area (Å²) in [5, 5.41) is 14.1. The molecule has 0 fully saturated rings. The number of rotatable bonds is 3. The summed E-state index contributed by atoms with van der Waals surface area (Å²) in [6.07, 6.45) is 1.46. The van der Waals surface area contributed by atoms with Gasteiger partial charge in [0.2, 0.25) is 5.95 Å². The molecule has 6 heteroatoms. The van der Waals surface area contributed by atoms with Crippen LogP contribution in [-0.2, 0) is 0 Å². The first kappa shape index (κ1) is 13.3. The van der Waals surface area contributed by atoms with Crippen LogP contribution >= 0.6 is 11.6 Å². The summed E-state index contributed by atoms with van der Waals surface area (Å²) in [6.45, 7) is 3.76. The van der Waals surface area contributed by atoms with Gasteiger partial charge in [0.05, 0.1) is 6.21 Å². The van der Waals surface area contributed by atoms with Crippen molar-refractivity contribution in [2.75, 3.05) is 5.43 Å². The summed E-state index contributed by atoms with van der Waals surface area (Å²) >= 11 is 5.84. The number of hydrogen-bond donors (Lipinski definition) is 2. The summed E-state index contributed by atoms with van der Waals surface area (Å²) in [7, 11) is 0. The van der Waals surface area contributed by atoms with Crippen molar-refractivity contribution in [1.82, 2.24) is 9.97 Å². The molecule has 98 valence electrons. The van der Waals surface area contributed by atoms with Crippen molar-refractivity contribution in [2.45, 2.75) is 13.8 Å². The van der Waals surface area contributed by atoms with E-state index in [1.165, 1.54) is 12.3 Å². The number of anilines is 1. The van der Waals surface area contributed by atoms with Crippen LogP contribution in [0.5, 0.6) is 5.75 Å². The van der Waals surface area contributed by atoms with Gasteiger partial charge in [0.1, 0.15) is 5.75 Å². The molecule has 1 aromatic carbocycles. The van der Waals surface area contributed by atoms with E-state index in [-0.39, 0.29) is 5.75 Å². The third kappa shape index (κ3) is 3.66. The average molecular weight is 277 g/mol. The van der Waals surface area contributed by atoms with E-state index < -0.39 is 0 Å². The van der Waals surface area contributed by atoms with E-state index in [1.807, 2.05) is 19.9 Å². The Morgan fingerprint density at radius 1 is 1.21 bits per heavy atom. The van der Waals surface area contributed by atoms with E-state index in [4.69, 9.17) is 11.6 Å². The Labute approximate surface area is 116 Å². The summed E-state index contributed by atoms with van der Waals surface area (Å²) in [5.41, 5.74) is 4.95. The highest BCUT2D eigenvalue weighted by Crippen LogP contribution is 2.19. The van der Waals surface area contributed by atoms with E-state index in [0.717, 1.165) is 11.4 Å². The van der Waals surface area contributed by atoms with Crippen molar-refractivity contribution >= 4 is 23.8 Å². The maximum absolute atomic E-state index is 9.61. The molecule has 0 aliphatic heterocycles. The maximum atomic E-state index is 9.61. The number of nitrogens with zero attached hydrogens (tertiary/aromatic N) is 3. The van der Waals surface area contributed by atoms with Crippen LogP contribution in [0, 0.1) is 13.8 Å². The molecular formula is C13H13ClN4O. The molecule has 2 aromatic rings. The van der Waals surface area contributed by atoms with Gasteiger partial charge in [-0.25, -0.2) is 15.4 Å². The molecule has 0 saturated heterocycles. The Morgan fingerprint density at radius 2 is 1.89 bits per heavy atom. The Bertz CT molecular complexity index is 608. The van der Waals surface area contributed by atoms with E-state index in [9.17, 15) is 5.11 Å². The average Bonchev–Trinajstić information content (AvgIpc) is 2.32. The van der Waals surface area contributed by atoms with Gasteiger partial charge in [0, 0.05) is 22.0 Å². The zero-order chi connectivity index (χ0) is 13.8. The summed E-state index contributed by atoms with van der Waals surface area (Å²) in [5.74, 6) is 0.520. The van der Waals surface area contributed by atoms with Crippen molar-refractivity contribution < 1.29 is 5.11 Å². The van der Waals surface area contributed by atoms with Crippen molar-refractivity contribution in [2.24, 2.45) is 5.10 Å². The minimum absolute atomic E-state index is 0.108. The molecule has 0 atom stereocenters. The van der Waals surface area contributed by atoms with Gasteiger partial charge in [-0.05, 0) is 38.1 Å². The number of benzene rings is 1. The monoisotopic (exact) mass is 276 g/mol. The number of hydrogen-bond acceptors (Lipinski definition) is 5. The molecule has 0 amide bonds. The molecule has 19 heavy (non-hydrogen) atoms. The first-order valence-corrected chi connectivity index (χ1v) is 6.02. The predicted octanol–water partition coefficient (Wildman–Crippen LogP) is 2.90. The van der Waals surface area contributed by atoms with Gasteiger partial charge in [-0.15, -0.1) is 0 Å². The highest BCUT2D eigenvalue weighted by Gasteiger charge is 2.00. The fourth-order valence-corrected chi connectivity index (χ4v) is 1.74. The van der Waals surface area contributed by atoms with Crippen LogP contribution in [0.15, 0.2) is 29.4 Å². The fraction of sp³-hybridized carbons (Fsp3) is 0.154. The van der Waals surface area contributed by atoms with Crippen molar-refractivity contribution in [3.8, 4) is 5.75 Å². The van der Waals surface area contributed by atoms with Crippen molar-refractivity contribution in [3.63, 3.8) is 0 Å². The molecule has 2 rings (SSSR count). The molecule has 5 nitrogen and oxygen atoms in total. The van der Waals surface area contributed by atoms with Crippen LogP contribution < -0.4 is 5.43 Å². The minimum atomic E-state index is 0.108. The summed E-state index contributed by atoms with van der Waals surface area (Å²) in [6, 6.07) is 6.60. The number of phenols is 1. The number of nitrogens with one attached hydrogen (secondary N) is 1. The zero-order valence-electron chi connectivity index (χ0n) is 10.6. The SMILES string of the molecule is Cc1cc(C)nc(N/N=C/c2cc(Cl)ccc2O)n1. The van der Waals surface area contributed by atoms with Gasteiger partial charge >= 0.3 is 0 Å². The molecule has 0 radical (unpaired) electrons. The first-order valence-electron chi connectivity index (χ1n) is 5.64. The van der Waals surface area contributed by atoms with E-state index in [0.29, 0.717) is 16.5 Å². The Balaban J connectivity index is 2.13. The lowest BCUT2D eigenvalue weighted by Gasteiger charge is -2.02. The van der Waals surface area contributed by atoms with Gasteiger partial charge < -0.3 is 5.11 Å². The molecule has 0 saturated carbocycles. The molecule has 0 aliphatic rings. The number of halogens is 1. The van der Waals surface area contributed by atoms with Crippen molar-refractivity contribution in [3.05, 3.63) is 46.2 Å². The molecule has 0 spiro atoms. The standard InChI is InChI=1S/C13H13ClN4O/c1-8-5-9(2)17-13(16-8)18-15-7-10-6-11(14)3-4-12(10)19/h3-7,19H,1-2H3,(H,16,17,18)/b15-7+. The second-order valence-electron chi connectivity index (χ2n) is 4.05. The fourth-order valence-electron chi connectivity index (χ4n) is 1.56. The van der Waals surface area contributed by atoms with Gasteiger partial charge in [-0.2, -0.15) is 5.10 Å². The predicted molar refractivity (Wildman–Crippen MR) is 75.8 cm³/mol. The normalized spacial score (nSPS) is 10.9. The topological polar surface area (TPSA) is 70.4 Å². The van der Waals surface area contributed by atoms with Crippen LogP contribution in [0.3, 0.4) is 0 Å². The van der Waals surface area contributed by atoms with Gasteiger partial charge in [-0.3, -0.25) is 0 Å². The molecule has 2 N–H and O–H groups in total. The van der Waals surface area contributed by atoms with E-state index in [2.05, 4.69) is 20.5 Å². The third-order valence-corrected chi connectivity index (χ3v) is 2.58. The molecule has 0 bridgehead atoms. The first-order chi connectivity index (χ1) is 9.04. The van der Waals surface area contributed by atoms with Crippen LogP contribution in [-0.4, -0.2) is 21.3 Å². The largest absolute Gasteiger partial charge is 0.507 e. The quantitative estimate of drug-likeness (QED) is 0.668. The second-order valence-corrected chi connectivity index (χ2v) is 4.48. The second kappa shape index (κ2) is 5.67. The van der Waals surface area contributed by atoms with Gasteiger partial charge in [-0.1, -0.05) is 11.6 Å². The maximum Gasteiger partial charge on any atom is 0.243 e. The third-order valence-electron chi connectivity index (χ3n) is 2.34. The Hall–Kier alpha value is -2.14. The van der Waals surface area contributed by atoms with E-state index >= 15 is 0 Å². The summed E-state index contributed by atoms with van der Waals surface area (Å²) < 4.78 is 0. The van der Waals surface area contributed by atoms with Crippen LogP contribution in [0.2, 0.25) is 5.02 Å². The Kier molecular flexibility index (Phi) is 3.97. The van der Waals surface area contributed by atoms with Crippen LogP contribution in [0.4, 0.5) is 5.95 Å². The molecule has 0 aliphatic carbocycles. The number of phenolic OH excluding ortho intramolecular Hbond substituents is 1. The summed E-state index contributed by atoms with van der Waals surface area (Å²) in [4.78, 5) is 8.36. The molecule has 1 aromatic heterocycles. The smallest absolute Gasteiger partial charge is 0.243 e. The number of aromatic hydroxyl groups is 1. The lowest BCUT2D eigenvalue weighted by Crippen LogP contribution is -1.99. The number of aromatic nitrogens is 2. The zero-order valence-corrected chi connectivity index (χ0v) is 11.3. The van der Waals surface area contributed by atoms with Crippen LogP contribution in [0.1, 0.15) is 17.0 Å². The number of aryl methyl sites for hydroxylation is 2. The van der Waals surface area contributed by atoms with Gasteiger partial charge in [0.25, 0.3) is 0 Å². The Morgan fingerprint density at radius 3 is 2.58 bits per heavy atom. The van der Waals surface area contributed by atoms with Crippen molar-refractivity contribution in [1.29, 1.82) is 0 Å². The van der Waals surface area contributed by atoms with Gasteiger partial charge in [0.15, 0.2) is 0 Å². The highest BCUT2D eigenvalue weighted by atomic mass is 35.5. The number of hydrazone groups is 1. The molecule has 0 unspecified atom stereocenters. The lowest BCUT2D eigenvalue weighted by atomic mass is 10.2. The lowest BCUT2D eigenvalue weighted by molar-refractivity contribution is 0.474. The molecule has 1 heterocycles.